The van der Waals surface area contributed by atoms with Crippen LogP contribution in [0.3, 0.4) is 0 Å². The predicted octanol–water partition coefficient (Wildman–Crippen LogP) is 4.38. The van der Waals surface area contributed by atoms with Crippen LogP contribution in [-0.4, -0.2) is 44.7 Å². The van der Waals surface area contributed by atoms with Crippen molar-refractivity contribution in [3.05, 3.63) is 23.8 Å². The molecule has 0 amide bonds. The summed E-state index contributed by atoms with van der Waals surface area (Å²) < 4.78 is 5.50. The second kappa shape index (κ2) is 8.58. The van der Waals surface area contributed by atoms with Crippen molar-refractivity contribution in [2.75, 3.05) is 44.7 Å². The van der Waals surface area contributed by atoms with Crippen molar-refractivity contribution in [3.63, 3.8) is 0 Å². The SMILES string of the molecule is COc1ccc(N2CCN(CCCC(C)C)CC2)cc1C(C)C. The summed E-state index contributed by atoms with van der Waals surface area (Å²) in [6.45, 7) is 15.0. The van der Waals surface area contributed by atoms with Crippen molar-refractivity contribution < 1.29 is 4.74 Å². The number of methoxy groups -OCH3 is 1. The first-order chi connectivity index (χ1) is 11.0. The van der Waals surface area contributed by atoms with E-state index in [0.717, 1.165) is 24.8 Å². The van der Waals surface area contributed by atoms with Crippen molar-refractivity contribution in [1.29, 1.82) is 0 Å². The zero-order chi connectivity index (χ0) is 16.8. The molecule has 2 rings (SSSR count). The van der Waals surface area contributed by atoms with Crippen LogP contribution in [0.4, 0.5) is 5.69 Å². The molecule has 0 radical (unpaired) electrons. The topological polar surface area (TPSA) is 15.7 Å². The Kier molecular flexibility index (Phi) is 6.76. The van der Waals surface area contributed by atoms with Crippen molar-refractivity contribution >= 4 is 5.69 Å². The first kappa shape index (κ1) is 18.1. The van der Waals surface area contributed by atoms with Crippen LogP contribution >= 0.6 is 0 Å². The van der Waals surface area contributed by atoms with E-state index >= 15 is 0 Å². The molecule has 0 aromatic heterocycles. The molecule has 1 heterocycles. The lowest BCUT2D eigenvalue weighted by molar-refractivity contribution is 0.248. The highest BCUT2D eigenvalue weighted by molar-refractivity contribution is 5.54. The van der Waals surface area contributed by atoms with E-state index in [0.29, 0.717) is 5.92 Å². The van der Waals surface area contributed by atoms with Crippen LogP contribution in [0.2, 0.25) is 0 Å². The molecule has 0 aliphatic carbocycles. The second-order valence-electron chi connectivity index (χ2n) is 7.45. The van der Waals surface area contributed by atoms with Gasteiger partial charge in [-0.2, -0.15) is 0 Å². The van der Waals surface area contributed by atoms with Crippen LogP contribution in [-0.2, 0) is 0 Å². The second-order valence-corrected chi connectivity index (χ2v) is 7.45. The lowest BCUT2D eigenvalue weighted by Gasteiger charge is -2.36. The third-order valence-corrected chi connectivity index (χ3v) is 4.83. The van der Waals surface area contributed by atoms with Gasteiger partial charge in [-0.05, 0) is 55.0 Å². The molecule has 23 heavy (non-hydrogen) atoms. The molecule has 1 aliphatic heterocycles. The Morgan fingerprint density at radius 1 is 1.04 bits per heavy atom. The molecule has 0 unspecified atom stereocenters. The zero-order valence-corrected chi connectivity index (χ0v) is 15.6. The van der Waals surface area contributed by atoms with Crippen molar-refractivity contribution in [2.24, 2.45) is 5.92 Å². The fourth-order valence-electron chi connectivity index (χ4n) is 3.32. The van der Waals surface area contributed by atoms with Gasteiger partial charge in [0, 0.05) is 31.9 Å². The van der Waals surface area contributed by atoms with Gasteiger partial charge < -0.3 is 9.64 Å². The van der Waals surface area contributed by atoms with Gasteiger partial charge in [-0.25, -0.2) is 0 Å². The molecule has 1 aliphatic rings. The molecule has 3 nitrogen and oxygen atoms in total. The number of hydrogen-bond donors (Lipinski definition) is 0. The van der Waals surface area contributed by atoms with Crippen LogP contribution in [0.15, 0.2) is 18.2 Å². The number of nitrogens with zero attached hydrogens (tertiary/aromatic N) is 2. The number of rotatable bonds is 7. The zero-order valence-electron chi connectivity index (χ0n) is 15.6. The minimum absolute atomic E-state index is 0.488. The Hall–Kier alpha value is -1.22. The van der Waals surface area contributed by atoms with E-state index in [4.69, 9.17) is 4.74 Å². The molecule has 1 aromatic carbocycles. The van der Waals surface area contributed by atoms with E-state index in [1.54, 1.807) is 7.11 Å². The van der Waals surface area contributed by atoms with Gasteiger partial charge >= 0.3 is 0 Å². The van der Waals surface area contributed by atoms with Gasteiger partial charge in [0.2, 0.25) is 0 Å². The Morgan fingerprint density at radius 3 is 2.30 bits per heavy atom. The summed E-state index contributed by atoms with van der Waals surface area (Å²) in [5.74, 6) is 2.32. The summed E-state index contributed by atoms with van der Waals surface area (Å²) in [5, 5.41) is 0. The molecule has 0 saturated carbocycles. The summed E-state index contributed by atoms with van der Waals surface area (Å²) in [4.78, 5) is 5.13. The largest absolute Gasteiger partial charge is 0.496 e. The molecule has 1 saturated heterocycles. The normalized spacial score (nSPS) is 16.4. The Bertz CT molecular complexity index is 477. The quantitative estimate of drug-likeness (QED) is 0.742. The van der Waals surface area contributed by atoms with Crippen LogP contribution in [0.5, 0.6) is 5.75 Å². The maximum absolute atomic E-state index is 5.50. The summed E-state index contributed by atoms with van der Waals surface area (Å²) in [6.07, 6.45) is 2.67. The molecular weight excluding hydrogens is 284 g/mol. The highest BCUT2D eigenvalue weighted by atomic mass is 16.5. The molecule has 0 spiro atoms. The Balaban J connectivity index is 1.91. The van der Waals surface area contributed by atoms with E-state index in [1.165, 1.54) is 43.7 Å². The molecular formula is C20H34N2O. The smallest absolute Gasteiger partial charge is 0.122 e. The first-order valence-corrected chi connectivity index (χ1v) is 9.16. The summed E-state index contributed by atoms with van der Waals surface area (Å²) >= 11 is 0. The molecule has 0 N–H and O–H groups in total. The highest BCUT2D eigenvalue weighted by Crippen LogP contribution is 2.31. The number of anilines is 1. The minimum atomic E-state index is 0.488. The van der Waals surface area contributed by atoms with Crippen LogP contribution in [0.25, 0.3) is 0 Å². The van der Waals surface area contributed by atoms with Gasteiger partial charge in [0.15, 0.2) is 0 Å². The number of ether oxygens (including phenoxy) is 1. The lowest BCUT2D eigenvalue weighted by Crippen LogP contribution is -2.46. The van der Waals surface area contributed by atoms with E-state index in [-0.39, 0.29) is 0 Å². The third-order valence-electron chi connectivity index (χ3n) is 4.83. The van der Waals surface area contributed by atoms with Gasteiger partial charge in [-0.3, -0.25) is 4.90 Å². The van der Waals surface area contributed by atoms with Gasteiger partial charge in [0.25, 0.3) is 0 Å². The molecule has 3 heteroatoms. The summed E-state index contributed by atoms with van der Waals surface area (Å²) in [6, 6.07) is 6.65. The van der Waals surface area contributed by atoms with Crippen molar-refractivity contribution in [2.45, 2.75) is 46.5 Å². The van der Waals surface area contributed by atoms with Crippen LogP contribution in [0, 0.1) is 5.92 Å². The van der Waals surface area contributed by atoms with Gasteiger partial charge in [0.1, 0.15) is 5.75 Å². The first-order valence-electron chi connectivity index (χ1n) is 9.16. The highest BCUT2D eigenvalue weighted by Gasteiger charge is 2.18. The van der Waals surface area contributed by atoms with Gasteiger partial charge in [-0.15, -0.1) is 0 Å². The maximum Gasteiger partial charge on any atom is 0.122 e. The minimum Gasteiger partial charge on any atom is -0.496 e. The standard InChI is InChI=1S/C20H34N2O/c1-16(2)7-6-10-21-11-13-22(14-12-21)18-8-9-20(23-5)19(15-18)17(3)4/h8-9,15-17H,6-7,10-14H2,1-5H3. The Morgan fingerprint density at radius 2 is 1.74 bits per heavy atom. The van der Waals surface area contributed by atoms with E-state index in [1.807, 2.05) is 0 Å². The monoisotopic (exact) mass is 318 g/mol. The molecule has 1 aromatic rings. The summed E-state index contributed by atoms with van der Waals surface area (Å²) in [5.41, 5.74) is 2.65. The lowest BCUT2D eigenvalue weighted by atomic mass is 10.0. The fraction of sp³-hybridized carbons (Fsp3) is 0.700. The van der Waals surface area contributed by atoms with E-state index in [2.05, 4.69) is 55.7 Å². The maximum atomic E-state index is 5.50. The van der Waals surface area contributed by atoms with E-state index in [9.17, 15) is 0 Å². The average Bonchev–Trinajstić information content (AvgIpc) is 2.54. The van der Waals surface area contributed by atoms with E-state index < -0.39 is 0 Å². The predicted molar refractivity (Wildman–Crippen MR) is 99.8 cm³/mol. The average molecular weight is 319 g/mol. The number of hydrogen-bond acceptors (Lipinski definition) is 3. The number of benzene rings is 1. The van der Waals surface area contributed by atoms with Gasteiger partial charge in [0.05, 0.1) is 7.11 Å². The Labute approximate surface area is 142 Å². The summed E-state index contributed by atoms with van der Waals surface area (Å²) in [7, 11) is 1.76. The molecule has 1 fully saturated rings. The fourth-order valence-corrected chi connectivity index (χ4v) is 3.32. The van der Waals surface area contributed by atoms with Crippen molar-refractivity contribution in [3.8, 4) is 5.75 Å². The van der Waals surface area contributed by atoms with Crippen LogP contribution < -0.4 is 9.64 Å². The molecule has 0 bridgehead atoms. The van der Waals surface area contributed by atoms with Crippen molar-refractivity contribution in [1.82, 2.24) is 4.90 Å². The third kappa shape index (κ3) is 5.13. The number of piperazine rings is 1. The molecule has 0 atom stereocenters. The molecule has 130 valence electrons. The van der Waals surface area contributed by atoms with Gasteiger partial charge in [-0.1, -0.05) is 27.7 Å². The van der Waals surface area contributed by atoms with Crippen LogP contribution in [0.1, 0.15) is 52.0 Å².